The van der Waals surface area contributed by atoms with E-state index in [1.165, 1.54) is 19.6 Å². The van der Waals surface area contributed by atoms with Crippen molar-refractivity contribution >= 4 is 115 Å². The van der Waals surface area contributed by atoms with Gasteiger partial charge >= 0.3 is 0 Å². The van der Waals surface area contributed by atoms with Crippen LogP contribution >= 0.6 is 34.0 Å². The monoisotopic (exact) mass is 1720 g/mol. The standard InChI is InChI=1S/C23H23N5S.C21H25N5O.C19H22N4O2.C18H20N4S.C16H16N4S/c1-17(25-14-23-27-21-10-3-4-12-22(21)29-23)20-11-7-9-19(26-20)16-28(2)15-18-8-5-6-13-24-18;1-17(18-6-4-5-9-22-18)23-16-21-24-19-7-2-3-8-20(19)26(21)11-10-25-12-14-27-15-13-25;1-14(17-12-15(8-9-20-17)24-11-10-23(2)3)21-13-19-22-16-6-4-5-7-18(16)25-19;1-13(15-9-6-7-14(20-15)12-22(2)3)19-11-18-21-16-8-4-5-10-17(16)23-18;1-11(13-7-4-5-12(9-17)19-13)18-10-16-20-14-6-2-3-8-15(14)21-16/h3-13H,14-16H2,1-2H3;2-9H,10-16H2,1H3;4-9,12H,10-11,13H2,1-3H3;4-10H,11-12H2,1-3H3;2-8H,9-10,17H2,1H3. The van der Waals surface area contributed by atoms with Crippen molar-refractivity contribution in [2.45, 2.75) is 100 Å². The highest BCUT2D eigenvalue weighted by molar-refractivity contribution is 7.19. The first-order chi connectivity index (χ1) is 61.0. The Labute approximate surface area is 742 Å². The Bertz CT molecular complexity index is 6160. The van der Waals surface area contributed by atoms with E-state index in [2.05, 4.69) is 134 Å². The molecule has 125 heavy (non-hydrogen) atoms. The van der Waals surface area contributed by atoms with E-state index < -0.39 is 0 Å². The molecule has 17 rings (SSSR count). The third-order valence-corrected chi connectivity index (χ3v) is 22.9. The Morgan fingerprint density at radius 1 is 0.408 bits per heavy atom. The van der Waals surface area contributed by atoms with Crippen molar-refractivity contribution in [3.63, 3.8) is 0 Å². The molecular formula is C97H106N22O3S3. The lowest BCUT2D eigenvalue weighted by atomic mass is 10.2. The number of para-hydroxylation sites is 7. The summed E-state index contributed by atoms with van der Waals surface area (Å²) in [4.78, 5) is 82.3. The first-order valence-corrected chi connectivity index (χ1v) is 44.1. The van der Waals surface area contributed by atoms with Crippen LogP contribution in [0.2, 0.25) is 0 Å². The van der Waals surface area contributed by atoms with E-state index in [1.54, 1.807) is 46.4 Å². The molecule has 28 heteroatoms. The number of nitrogens with zero attached hydrogens (tertiary/aromatic N) is 21. The molecule has 1 saturated heterocycles. The smallest absolute Gasteiger partial charge is 0.217 e. The van der Waals surface area contributed by atoms with Crippen molar-refractivity contribution in [2.24, 2.45) is 30.7 Å². The Kier molecular flexibility index (Phi) is 33.4. The van der Waals surface area contributed by atoms with Gasteiger partial charge in [0.05, 0.1) is 161 Å². The summed E-state index contributed by atoms with van der Waals surface area (Å²) in [5, 5.41) is 3.08. The Balaban J connectivity index is 0.000000135. The van der Waals surface area contributed by atoms with Crippen molar-refractivity contribution in [1.29, 1.82) is 0 Å². The fraction of sp³-hybridized carbons (Fsp3) is 0.278. The molecule has 0 spiro atoms. The average molecular weight is 1720 g/mol. The predicted molar refractivity (Wildman–Crippen MR) is 509 cm³/mol. The summed E-state index contributed by atoms with van der Waals surface area (Å²) >= 11 is 5.08. The van der Waals surface area contributed by atoms with Crippen LogP contribution in [-0.2, 0) is 70.2 Å². The molecule has 0 atom stereocenters. The van der Waals surface area contributed by atoms with Crippen molar-refractivity contribution in [3.8, 4) is 5.75 Å². The topological polar surface area (TPSA) is 279 Å². The van der Waals surface area contributed by atoms with Crippen LogP contribution in [0.3, 0.4) is 0 Å². The minimum absolute atomic E-state index is 0.383. The SMILES string of the molecule is CC(=NCc1nc2ccccc2n1CCN1CCOCC1)c1ccccn1.CC(=NCc1nc2ccccc2o1)c1cc(OCCN(C)C)ccn1.CC(=NCc1nc2ccccc2s1)c1cccc(CN(C)C)n1.CC(=NCc1nc2ccccc2s1)c1cccc(CN(C)Cc2ccccn2)n1.CC(=NCc1nc2ccccc2s1)c1cccc(CN)n1. The highest BCUT2D eigenvalue weighted by Crippen LogP contribution is 2.27. The van der Waals surface area contributed by atoms with E-state index in [-0.39, 0.29) is 0 Å². The molecule has 0 aliphatic carbocycles. The summed E-state index contributed by atoms with van der Waals surface area (Å²) in [7, 11) is 10.2. The van der Waals surface area contributed by atoms with E-state index >= 15 is 0 Å². The highest BCUT2D eigenvalue weighted by Gasteiger charge is 2.17. The number of morpholine rings is 1. The van der Waals surface area contributed by atoms with E-state index in [1.807, 2.05) is 251 Å². The molecule has 16 aromatic rings. The number of likely N-dealkylation sites (N-methyl/N-ethyl adjacent to an activating group) is 1. The number of imidazole rings is 1. The molecule has 0 unspecified atom stereocenters. The Hall–Kier alpha value is -12.5. The van der Waals surface area contributed by atoms with E-state index in [9.17, 15) is 0 Å². The van der Waals surface area contributed by atoms with E-state index in [0.717, 1.165) is 205 Å². The van der Waals surface area contributed by atoms with Gasteiger partial charge in [0, 0.05) is 83.6 Å². The van der Waals surface area contributed by atoms with Crippen LogP contribution in [0.15, 0.2) is 272 Å². The number of aromatic nitrogens is 12. The second-order valence-electron chi connectivity index (χ2n) is 30.2. The number of pyridine rings is 6. The van der Waals surface area contributed by atoms with Crippen LogP contribution in [0.4, 0.5) is 0 Å². The molecule has 5 aromatic carbocycles. The van der Waals surface area contributed by atoms with Gasteiger partial charge in [0.15, 0.2) is 5.58 Å². The summed E-state index contributed by atoms with van der Waals surface area (Å²) in [5.74, 6) is 2.39. The number of benzene rings is 5. The first-order valence-electron chi connectivity index (χ1n) is 41.6. The van der Waals surface area contributed by atoms with Gasteiger partial charge in [-0.05, 0) is 197 Å². The predicted octanol–water partition coefficient (Wildman–Crippen LogP) is 17.6. The quantitative estimate of drug-likeness (QED) is 0.0426. The fourth-order valence-electron chi connectivity index (χ4n) is 13.2. The van der Waals surface area contributed by atoms with Crippen molar-refractivity contribution < 1.29 is 13.9 Å². The summed E-state index contributed by atoms with van der Waals surface area (Å²) in [6.45, 7) is 22.5. The van der Waals surface area contributed by atoms with Gasteiger partial charge in [0.25, 0.3) is 0 Å². The van der Waals surface area contributed by atoms with Gasteiger partial charge in [-0.3, -0.25) is 64.7 Å². The number of nitrogens with two attached hydrogens (primary N) is 1. The van der Waals surface area contributed by atoms with Crippen molar-refractivity contribution in [1.82, 2.24) is 79.0 Å². The zero-order chi connectivity index (χ0) is 87.1. The van der Waals surface area contributed by atoms with Gasteiger partial charge in [0.2, 0.25) is 5.89 Å². The summed E-state index contributed by atoms with van der Waals surface area (Å²) in [6.07, 6.45) is 5.36. The van der Waals surface area contributed by atoms with Crippen LogP contribution < -0.4 is 10.5 Å². The van der Waals surface area contributed by atoms with Gasteiger partial charge in [-0.15, -0.1) is 34.0 Å². The number of rotatable bonds is 29. The number of oxazole rings is 1. The molecule has 25 nitrogen and oxygen atoms in total. The first kappa shape index (κ1) is 90.3. The number of fused-ring (bicyclic) bond motifs is 5. The van der Waals surface area contributed by atoms with Gasteiger partial charge in [-0.2, -0.15) is 0 Å². The molecule has 0 saturated carbocycles. The second kappa shape index (κ2) is 46.3. The molecule has 0 bridgehead atoms. The molecule has 11 aromatic heterocycles. The molecule has 0 amide bonds. The summed E-state index contributed by atoms with van der Waals surface area (Å²) in [5.41, 5.74) is 25.5. The van der Waals surface area contributed by atoms with Crippen LogP contribution in [0.1, 0.15) is 113 Å². The molecule has 12 heterocycles. The lowest BCUT2D eigenvalue weighted by Gasteiger charge is -2.26. The van der Waals surface area contributed by atoms with Gasteiger partial charge in [0.1, 0.15) is 45.3 Å². The number of hydrogen-bond acceptors (Lipinski definition) is 27. The number of hydrogen-bond donors (Lipinski definition) is 1. The zero-order valence-electron chi connectivity index (χ0n) is 72.5. The van der Waals surface area contributed by atoms with Crippen LogP contribution in [0.25, 0.3) is 52.8 Å². The molecule has 0 radical (unpaired) electrons. The third-order valence-electron chi connectivity index (χ3n) is 19.8. The molecule has 1 aliphatic heterocycles. The minimum Gasteiger partial charge on any atom is -0.492 e. The minimum atomic E-state index is 0.383. The molecule has 1 aliphatic rings. The maximum atomic E-state index is 5.74. The maximum absolute atomic E-state index is 5.74. The third kappa shape index (κ3) is 27.5. The second-order valence-corrected chi connectivity index (χ2v) is 33.5. The van der Waals surface area contributed by atoms with Crippen LogP contribution in [0.5, 0.6) is 5.75 Å². The maximum Gasteiger partial charge on any atom is 0.217 e. The Morgan fingerprint density at radius 2 is 0.872 bits per heavy atom. The fourth-order valence-corrected chi connectivity index (χ4v) is 15.9. The summed E-state index contributed by atoms with van der Waals surface area (Å²) in [6, 6.07) is 74.2. The number of thiazole rings is 3. The normalized spacial score (nSPS) is 13.0. The number of ether oxygens (including phenoxy) is 2. The highest BCUT2D eigenvalue weighted by atomic mass is 32.1. The van der Waals surface area contributed by atoms with Crippen molar-refractivity contribution in [2.75, 3.05) is 81.2 Å². The van der Waals surface area contributed by atoms with Crippen LogP contribution in [-0.4, -0.2) is 189 Å². The molecule has 1 fully saturated rings. The van der Waals surface area contributed by atoms with E-state index in [0.29, 0.717) is 51.8 Å². The van der Waals surface area contributed by atoms with Crippen LogP contribution in [0, 0.1) is 0 Å². The van der Waals surface area contributed by atoms with Crippen molar-refractivity contribution in [3.05, 3.63) is 321 Å². The molecule has 2 N–H and O–H groups in total. The van der Waals surface area contributed by atoms with Gasteiger partial charge in [-0.1, -0.05) is 91.0 Å². The lowest BCUT2D eigenvalue weighted by Crippen LogP contribution is -2.38. The molecule has 640 valence electrons. The Morgan fingerprint density at radius 3 is 1.42 bits per heavy atom. The molecular weight excluding hydrogens is 1620 g/mol. The van der Waals surface area contributed by atoms with Gasteiger partial charge < -0.3 is 34.0 Å². The zero-order valence-corrected chi connectivity index (χ0v) is 75.0. The van der Waals surface area contributed by atoms with E-state index in [4.69, 9.17) is 39.6 Å². The number of aliphatic imine (C=N–C) groups is 5. The summed E-state index contributed by atoms with van der Waals surface area (Å²) < 4.78 is 22.8. The van der Waals surface area contributed by atoms with Gasteiger partial charge in [-0.25, -0.2) is 24.9 Å². The largest absolute Gasteiger partial charge is 0.492 e. The lowest BCUT2D eigenvalue weighted by molar-refractivity contribution is 0.0364. The average Bonchev–Trinajstić information content (AvgIpc) is 1.65.